The summed E-state index contributed by atoms with van der Waals surface area (Å²) in [5.74, 6) is 0.400. The topological polar surface area (TPSA) is 207 Å². The van der Waals surface area contributed by atoms with Crippen LogP contribution in [-0.4, -0.2) is 119 Å². The Morgan fingerprint density at radius 2 is 1.59 bits per heavy atom. The van der Waals surface area contributed by atoms with Gasteiger partial charge >= 0.3 is 0 Å². The van der Waals surface area contributed by atoms with Gasteiger partial charge in [-0.15, -0.1) is 0 Å². The fourth-order valence-corrected chi connectivity index (χ4v) is 12.1. The number of carbonyl (C=O) groups excluding carboxylic acids is 1. The summed E-state index contributed by atoms with van der Waals surface area (Å²) in [5, 5.41) is 88.0. The highest BCUT2D eigenvalue weighted by atomic mass is 16.8. The zero-order valence-corrected chi connectivity index (χ0v) is 27.6. The van der Waals surface area contributed by atoms with Crippen LogP contribution in [0.4, 0.5) is 0 Å². The Bertz CT molecular complexity index is 1240. The maximum atomic E-state index is 13.5. The van der Waals surface area contributed by atoms with Crippen molar-refractivity contribution in [3.05, 3.63) is 0 Å². The van der Waals surface area contributed by atoms with Gasteiger partial charge in [0.2, 0.25) is 0 Å². The molecule has 0 amide bonds. The fourth-order valence-electron chi connectivity index (χ4n) is 12.1. The van der Waals surface area contributed by atoms with Crippen LogP contribution in [0, 0.1) is 45.8 Å². The molecule has 46 heavy (non-hydrogen) atoms. The Balaban J connectivity index is 1.14. The number of aliphatic hydroxyl groups is 8. The number of ketones is 1. The van der Waals surface area contributed by atoms with Crippen LogP contribution in [0.15, 0.2) is 0 Å². The van der Waals surface area contributed by atoms with E-state index < -0.39 is 89.4 Å². The lowest BCUT2D eigenvalue weighted by molar-refractivity contribution is -0.400. The van der Waals surface area contributed by atoms with Gasteiger partial charge in [-0.05, 0) is 81.5 Å². The second-order valence-electron chi connectivity index (χ2n) is 17.1. The maximum Gasteiger partial charge on any atom is 0.192 e. The van der Waals surface area contributed by atoms with Crippen molar-refractivity contribution in [2.75, 3.05) is 6.61 Å². The van der Waals surface area contributed by atoms with E-state index in [1.54, 1.807) is 0 Å². The van der Waals surface area contributed by atoms with E-state index in [1.165, 1.54) is 13.8 Å². The van der Waals surface area contributed by atoms with Gasteiger partial charge in [0.25, 0.3) is 0 Å². The molecule has 5 aliphatic carbocycles. The van der Waals surface area contributed by atoms with E-state index in [9.17, 15) is 45.6 Å². The van der Waals surface area contributed by atoms with E-state index in [2.05, 4.69) is 13.8 Å². The number of carbonyl (C=O) groups is 1. The van der Waals surface area contributed by atoms with Crippen molar-refractivity contribution in [3.8, 4) is 0 Å². The summed E-state index contributed by atoms with van der Waals surface area (Å²) < 4.78 is 17.7. The molecule has 12 nitrogen and oxygen atoms in total. The van der Waals surface area contributed by atoms with Gasteiger partial charge in [-0.3, -0.25) is 4.79 Å². The molecular weight excluding hydrogens is 600 g/mol. The number of fused-ring (bicyclic) bond motifs is 4. The van der Waals surface area contributed by atoms with E-state index in [0.717, 1.165) is 19.3 Å². The lowest BCUT2D eigenvalue weighted by Crippen LogP contribution is -2.69. The molecule has 0 radical (unpaired) electrons. The summed E-state index contributed by atoms with van der Waals surface area (Å²) >= 11 is 0. The molecule has 0 aromatic rings. The molecule has 8 N–H and O–H groups in total. The Hall–Kier alpha value is -0.770. The lowest BCUT2D eigenvalue weighted by atomic mass is 9.44. The molecule has 2 saturated heterocycles. The van der Waals surface area contributed by atoms with E-state index in [1.807, 2.05) is 6.92 Å². The van der Waals surface area contributed by atoms with Crippen LogP contribution < -0.4 is 0 Å². The molecule has 7 rings (SSSR count). The van der Waals surface area contributed by atoms with Crippen LogP contribution in [0.3, 0.4) is 0 Å². The first-order valence-electron chi connectivity index (χ1n) is 17.3. The van der Waals surface area contributed by atoms with Crippen molar-refractivity contribution in [2.45, 2.75) is 152 Å². The molecule has 262 valence electrons. The van der Waals surface area contributed by atoms with Crippen molar-refractivity contribution >= 4 is 5.78 Å². The molecule has 0 aromatic heterocycles. The largest absolute Gasteiger partial charge is 0.394 e. The van der Waals surface area contributed by atoms with Crippen LogP contribution in [0.25, 0.3) is 0 Å². The van der Waals surface area contributed by atoms with Crippen LogP contribution in [0.5, 0.6) is 0 Å². The first kappa shape index (κ1) is 33.7. The summed E-state index contributed by atoms with van der Waals surface area (Å²) in [5.41, 5.74) is -6.38. The SMILES string of the molecule is C[C@H]([C@H]1C[C@@](C)(O)[C@](C)(O)[C@H](O[C@@H]2O[C@H](CO)[C@@H](O)[C@H](O)[C@H]2O)O1)[C@@]1(O)CC[C@H]2[C@@H]3C[C@@H](O)[C@]45C[C@@H]4CC(=O)[C@]5(C)[C@H]3CC[C@@]21C. The van der Waals surface area contributed by atoms with Gasteiger partial charge in [0.05, 0.1) is 30.0 Å². The number of ether oxygens (including phenoxy) is 3. The molecule has 1 spiro atoms. The van der Waals surface area contributed by atoms with E-state index in [0.29, 0.717) is 31.6 Å². The summed E-state index contributed by atoms with van der Waals surface area (Å²) in [6, 6.07) is 0. The zero-order valence-electron chi connectivity index (χ0n) is 27.6. The average Bonchev–Trinajstić information content (AvgIpc) is 3.57. The average molecular weight is 655 g/mol. The van der Waals surface area contributed by atoms with Crippen molar-refractivity contribution in [3.63, 3.8) is 0 Å². The van der Waals surface area contributed by atoms with Crippen molar-refractivity contribution < 1.29 is 59.9 Å². The van der Waals surface area contributed by atoms with Crippen molar-refractivity contribution in [1.82, 2.24) is 0 Å². The highest BCUT2D eigenvalue weighted by Gasteiger charge is 2.81. The fraction of sp³-hybridized carbons (Fsp3) is 0.971. The minimum Gasteiger partial charge on any atom is -0.394 e. The molecule has 2 heterocycles. The molecule has 0 bridgehead atoms. The van der Waals surface area contributed by atoms with E-state index in [4.69, 9.17) is 14.2 Å². The minimum atomic E-state index is -2.01. The minimum absolute atomic E-state index is 0.0278. The predicted octanol–water partition coefficient (Wildman–Crippen LogP) is -0.0204. The smallest absolute Gasteiger partial charge is 0.192 e. The molecule has 12 heteroatoms. The number of hydrogen-bond acceptors (Lipinski definition) is 12. The van der Waals surface area contributed by atoms with Crippen molar-refractivity contribution in [2.24, 2.45) is 45.8 Å². The monoisotopic (exact) mass is 654 g/mol. The normalized spacial score (nSPS) is 61.8. The zero-order chi connectivity index (χ0) is 33.6. The number of Topliss-reactive ketones (excluding diaryl/α,β-unsaturated/α-hetero) is 1. The van der Waals surface area contributed by atoms with Gasteiger partial charge in [0, 0.05) is 29.6 Å². The summed E-state index contributed by atoms with van der Waals surface area (Å²) in [6.45, 7) is 8.23. The molecule has 2 aliphatic heterocycles. The quantitative estimate of drug-likeness (QED) is 0.197. The molecule has 0 aromatic carbocycles. The molecule has 7 aliphatic rings. The lowest BCUT2D eigenvalue weighted by Gasteiger charge is -2.61. The van der Waals surface area contributed by atoms with Gasteiger partial charge in [0.1, 0.15) is 35.8 Å². The highest BCUT2D eigenvalue weighted by molar-refractivity contribution is 5.91. The Morgan fingerprint density at radius 1 is 0.913 bits per heavy atom. The molecular formula is C34H54O12. The second kappa shape index (κ2) is 10.4. The maximum absolute atomic E-state index is 13.5. The second-order valence-corrected chi connectivity index (χ2v) is 17.1. The first-order valence-corrected chi connectivity index (χ1v) is 17.3. The van der Waals surface area contributed by atoms with Gasteiger partial charge < -0.3 is 55.1 Å². The predicted molar refractivity (Wildman–Crippen MR) is 159 cm³/mol. The van der Waals surface area contributed by atoms with Crippen molar-refractivity contribution in [1.29, 1.82) is 0 Å². The third-order valence-corrected chi connectivity index (χ3v) is 15.5. The van der Waals surface area contributed by atoms with Gasteiger partial charge in [-0.1, -0.05) is 20.8 Å². The Morgan fingerprint density at radius 3 is 2.26 bits per heavy atom. The van der Waals surface area contributed by atoms with Crippen LogP contribution >= 0.6 is 0 Å². The first-order chi connectivity index (χ1) is 21.3. The number of aliphatic hydroxyl groups excluding tert-OH is 5. The highest BCUT2D eigenvalue weighted by Crippen LogP contribution is 2.81. The van der Waals surface area contributed by atoms with Gasteiger partial charge in [-0.25, -0.2) is 0 Å². The molecule has 5 saturated carbocycles. The summed E-state index contributed by atoms with van der Waals surface area (Å²) in [6.07, 6.45) is -5.96. The molecule has 0 unspecified atom stereocenters. The van der Waals surface area contributed by atoms with Gasteiger partial charge in [0.15, 0.2) is 12.6 Å². The molecule has 19 atom stereocenters. The third kappa shape index (κ3) is 4.03. The van der Waals surface area contributed by atoms with E-state index >= 15 is 0 Å². The number of hydrogen-bond donors (Lipinski definition) is 8. The molecule has 7 fully saturated rings. The van der Waals surface area contributed by atoms with Gasteiger partial charge in [-0.2, -0.15) is 0 Å². The van der Waals surface area contributed by atoms with Crippen LogP contribution in [0.1, 0.15) is 86.0 Å². The summed E-state index contributed by atoms with van der Waals surface area (Å²) in [4.78, 5) is 13.5. The number of rotatable bonds is 5. The van der Waals surface area contributed by atoms with Crippen LogP contribution in [0.2, 0.25) is 0 Å². The Kier molecular flexibility index (Phi) is 7.61. The summed E-state index contributed by atoms with van der Waals surface area (Å²) in [7, 11) is 0. The van der Waals surface area contributed by atoms with E-state index in [-0.39, 0.29) is 35.4 Å². The standard InChI is InChI=1S/C34H54O12/c1-15(20-13-30(3,41)32(5,42)28(45-20)46-27-26(40)25(39)24(38)21(14-35)44-27)34(43)9-7-18-17-11-23(37)33-12-16(33)10-22(36)31(33,4)19(17)6-8-29(18,34)2/h15-21,23-28,35,37-43H,6-14H2,1-5H3/t15-,16+,17+,18+,19+,20-,21-,23-,24-,25+,26-,27+,28+,29+,30-,31+,32-,33+,34+/m1/s1. The Labute approximate surface area is 270 Å². The van der Waals surface area contributed by atoms with Crippen LogP contribution in [-0.2, 0) is 19.0 Å². The third-order valence-electron chi connectivity index (χ3n) is 15.5.